The van der Waals surface area contributed by atoms with E-state index in [1.807, 2.05) is 13.0 Å². The lowest BCUT2D eigenvalue weighted by Gasteiger charge is -2.13. The van der Waals surface area contributed by atoms with Gasteiger partial charge in [0, 0.05) is 11.5 Å². The van der Waals surface area contributed by atoms with Crippen LogP contribution in [0.15, 0.2) is 30.4 Å². The van der Waals surface area contributed by atoms with Crippen LogP contribution in [0.2, 0.25) is 0 Å². The number of phenols is 1. The summed E-state index contributed by atoms with van der Waals surface area (Å²) in [4.78, 5) is 11.9. The number of benzene rings is 1. The third-order valence-corrected chi connectivity index (χ3v) is 2.73. The topological polar surface area (TPSA) is 57.5 Å². The molecule has 1 atom stereocenters. The number of aromatic hydroxyl groups is 1. The molecular weight excluding hydrogens is 228 g/mol. The number of aryl methyl sites for hydroxylation is 1. The summed E-state index contributed by atoms with van der Waals surface area (Å²) < 4.78 is 0. The van der Waals surface area contributed by atoms with Crippen molar-refractivity contribution in [2.45, 2.75) is 39.2 Å². The third kappa shape index (κ3) is 4.00. The first-order valence-electron chi connectivity index (χ1n) is 5.95. The fraction of sp³-hybridized carbons (Fsp3) is 0.400. The van der Waals surface area contributed by atoms with Gasteiger partial charge >= 0.3 is 0 Å². The van der Waals surface area contributed by atoms with Crippen molar-refractivity contribution in [3.8, 4) is 5.75 Å². The molecule has 0 bridgehead atoms. The summed E-state index contributed by atoms with van der Waals surface area (Å²) in [5.74, 6) is -0.437. The predicted molar refractivity (Wildman–Crippen MR) is 71.7 cm³/mol. The normalized spacial score (nSPS) is 13.8. The van der Waals surface area contributed by atoms with Crippen LogP contribution in [-0.2, 0) is 4.79 Å². The molecule has 0 unspecified atom stereocenters. The summed E-state index contributed by atoms with van der Waals surface area (Å²) in [6.45, 7) is 6.82. The summed E-state index contributed by atoms with van der Waals surface area (Å²) in [6.07, 6.45) is 2.82. The highest BCUT2D eigenvalue weighted by molar-refractivity contribution is 5.95. The van der Waals surface area contributed by atoms with E-state index in [-0.39, 0.29) is 11.5 Å². The van der Waals surface area contributed by atoms with Gasteiger partial charge in [-0.2, -0.15) is 0 Å². The largest absolute Gasteiger partial charge is 0.508 e. The Hall–Kier alpha value is -1.61. The van der Waals surface area contributed by atoms with Crippen LogP contribution in [0.4, 0.5) is 0 Å². The zero-order valence-corrected chi connectivity index (χ0v) is 11.3. The van der Waals surface area contributed by atoms with Crippen LogP contribution in [0.25, 0.3) is 0 Å². The van der Waals surface area contributed by atoms with Crippen molar-refractivity contribution >= 4 is 5.78 Å². The van der Waals surface area contributed by atoms with Crippen LogP contribution in [-0.4, -0.2) is 21.6 Å². The van der Waals surface area contributed by atoms with E-state index >= 15 is 0 Å². The van der Waals surface area contributed by atoms with Crippen LogP contribution >= 0.6 is 0 Å². The van der Waals surface area contributed by atoms with Gasteiger partial charge in [-0.05, 0) is 38.5 Å². The lowest BCUT2D eigenvalue weighted by atomic mass is 9.94. The fourth-order valence-corrected chi connectivity index (χ4v) is 1.60. The van der Waals surface area contributed by atoms with Crippen LogP contribution < -0.4 is 0 Å². The van der Waals surface area contributed by atoms with Crippen LogP contribution in [0, 0.1) is 6.92 Å². The molecule has 0 aromatic heterocycles. The molecule has 1 rings (SSSR count). The molecule has 0 aliphatic rings. The Morgan fingerprint density at radius 2 is 2.00 bits per heavy atom. The summed E-state index contributed by atoms with van der Waals surface area (Å²) in [5, 5.41) is 19.3. The minimum Gasteiger partial charge on any atom is -0.508 e. The Morgan fingerprint density at radius 3 is 2.50 bits per heavy atom. The second kappa shape index (κ2) is 5.36. The number of phenolic OH excluding ortho intramolecular Hbond substituents is 1. The second-order valence-electron chi connectivity index (χ2n) is 5.17. The average Bonchev–Trinajstić information content (AvgIpc) is 2.24. The zero-order chi connectivity index (χ0) is 13.9. The number of allylic oxidation sites excluding steroid dienone is 1. The molecule has 0 saturated carbocycles. The predicted octanol–water partition coefficient (Wildman–Crippen LogP) is 2.70. The Balaban J connectivity index is 2.90. The molecule has 0 fully saturated rings. The molecule has 2 N–H and O–H groups in total. The minimum absolute atomic E-state index is 0.132. The fourth-order valence-electron chi connectivity index (χ4n) is 1.60. The van der Waals surface area contributed by atoms with Gasteiger partial charge in [0.05, 0.1) is 5.60 Å². The van der Waals surface area contributed by atoms with Crippen LogP contribution in [0.3, 0.4) is 0 Å². The third-order valence-electron chi connectivity index (χ3n) is 2.73. The molecule has 0 aliphatic carbocycles. The first kappa shape index (κ1) is 14.5. The molecule has 0 saturated heterocycles. The van der Waals surface area contributed by atoms with E-state index < -0.39 is 11.5 Å². The molecule has 0 aliphatic heterocycles. The molecule has 3 heteroatoms. The van der Waals surface area contributed by atoms with E-state index in [0.717, 1.165) is 5.56 Å². The van der Waals surface area contributed by atoms with Crippen molar-refractivity contribution in [2.75, 3.05) is 0 Å². The smallest absolute Gasteiger partial charge is 0.162 e. The number of aliphatic hydroxyl groups is 1. The van der Waals surface area contributed by atoms with Crippen molar-refractivity contribution < 1.29 is 15.0 Å². The van der Waals surface area contributed by atoms with E-state index in [9.17, 15) is 15.0 Å². The van der Waals surface area contributed by atoms with Gasteiger partial charge in [0.1, 0.15) is 5.75 Å². The minimum atomic E-state index is -1.01. The Bertz CT molecular complexity index is 467. The van der Waals surface area contributed by atoms with E-state index in [1.165, 1.54) is 12.2 Å². The van der Waals surface area contributed by atoms with Gasteiger partial charge in [0.15, 0.2) is 5.78 Å². The van der Waals surface area contributed by atoms with Crippen molar-refractivity contribution in [1.82, 2.24) is 0 Å². The molecule has 98 valence electrons. The maximum Gasteiger partial charge on any atom is 0.162 e. The molecule has 0 heterocycles. The summed E-state index contributed by atoms with van der Waals surface area (Å²) >= 11 is 0. The monoisotopic (exact) mass is 248 g/mol. The van der Waals surface area contributed by atoms with Gasteiger partial charge in [-0.1, -0.05) is 25.1 Å². The first-order valence-corrected chi connectivity index (χ1v) is 5.95. The van der Waals surface area contributed by atoms with Crippen molar-refractivity contribution in [2.24, 2.45) is 0 Å². The van der Waals surface area contributed by atoms with Crippen molar-refractivity contribution in [3.63, 3.8) is 0 Å². The molecule has 3 nitrogen and oxygen atoms in total. The number of hydrogen-bond donors (Lipinski definition) is 2. The lowest BCUT2D eigenvalue weighted by Crippen LogP contribution is -2.15. The van der Waals surface area contributed by atoms with Crippen molar-refractivity contribution in [3.05, 3.63) is 41.5 Å². The van der Waals surface area contributed by atoms with E-state index in [2.05, 4.69) is 0 Å². The van der Waals surface area contributed by atoms with Gasteiger partial charge in [-0.15, -0.1) is 0 Å². The molecule has 0 spiro atoms. The van der Waals surface area contributed by atoms with Gasteiger partial charge in [-0.3, -0.25) is 4.79 Å². The number of rotatable bonds is 4. The number of carbonyl (C=O) groups excluding carboxylic acids is 1. The van der Waals surface area contributed by atoms with Gasteiger partial charge in [-0.25, -0.2) is 0 Å². The zero-order valence-electron chi connectivity index (χ0n) is 11.3. The molecule has 0 radical (unpaired) electrons. The Labute approximate surface area is 108 Å². The summed E-state index contributed by atoms with van der Waals surface area (Å²) in [5.41, 5.74) is 0.541. The highest BCUT2D eigenvalue weighted by Gasteiger charge is 2.17. The van der Waals surface area contributed by atoms with E-state index in [4.69, 9.17) is 0 Å². The van der Waals surface area contributed by atoms with Crippen LogP contribution in [0.1, 0.15) is 37.8 Å². The van der Waals surface area contributed by atoms with Gasteiger partial charge in [0.2, 0.25) is 0 Å². The first-order chi connectivity index (χ1) is 8.20. The average molecular weight is 248 g/mol. The number of hydrogen-bond acceptors (Lipinski definition) is 3. The van der Waals surface area contributed by atoms with E-state index in [1.54, 1.807) is 32.9 Å². The summed E-state index contributed by atoms with van der Waals surface area (Å²) in [6, 6.07) is 5.25. The van der Waals surface area contributed by atoms with Gasteiger partial charge in [0.25, 0.3) is 0 Å². The molecular formula is C15H20O3. The highest BCUT2D eigenvalue weighted by atomic mass is 16.3. The molecule has 18 heavy (non-hydrogen) atoms. The summed E-state index contributed by atoms with van der Waals surface area (Å²) in [7, 11) is 0. The standard InChI is InChI=1S/C15H20O3/c1-10-5-6-12(14(17)9-10)11(2)13(16)7-8-15(3,4)18/h5-9,11,17-18H,1-4H3/b8-7+/t11-/m1/s1. The second-order valence-corrected chi connectivity index (χ2v) is 5.17. The maximum absolute atomic E-state index is 11.9. The highest BCUT2D eigenvalue weighted by Crippen LogP contribution is 2.27. The van der Waals surface area contributed by atoms with Crippen molar-refractivity contribution in [1.29, 1.82) is 0 Å². The molecule has 0 amide bonds. The quantitative estimate of drug-likeness (QED) is 0.805. The maximum atomic E-state index is 11.9. The van der Waals surface area contributed by atoms with Gasteiger partial charge < -0.3 is 10.2 Å². The number of ketones is 1. The lowest BCUT2D eigenvalue weighted by molar-refractivity contribution is -0.115. The molecule has 1 aromatic rings. The van der Waals surface area contributed by atoms with E-state index in [0.29, 0.717) is 5.56 Å². The Kier molecular flexibility index (Phi) is 4.30. The SMILES string of the molecule is Cc1ccc([C@@H](C)C(=O)/C=C/C(C)(C)O)c(O)c1. The van der Waals surface area contributed by atoms with Crippen LogP contribution in [0.5, 0.6) is 5.75 Å². The molecule has 1 aromatic carbocycles. The Morgan fingerprint density at radius 1 is 1.39 bits per heavy atom. The number of carbonyl (C=O) groups is 1.